The van der Waals surface area contributed by atoms with Gasteiger partial charge < -0.3 is 9.88 Å². The van der Waals surface area contributed by atoms with E-state index in [9.17, 15) is 13.6 Å². The van der Waals surface area contributed by atoms with E-state index in [1.165, 1.54) is 12.1 Å². The second-order valence-electron chi connectivity index (χ2n) is 7.61. The van der Waals surface area contributed by atoms with Crippen molar-refractivity contribution in [1.82, 2.24) is 9.88 Å². The molecule has 0 spiro atoms. The third-order valence-electron chi connectivity index (χ3n) is 5.45. The quantitative estimate of drug-likeness (QED) is 0.397. The van der Waals surface area contributed by atoms with Crippen molar-refractivity contribution in [3.63, 3.8) is 0 Å². The molecule has 0 radical (unpaired) electrons. The van der Waals surface area contributed by atoms with Crippen LogP contribution in [-0.2, 0) is 24.3 Å². The van der Waals surface area contributed by atoms with Gasteiger partial charge in [0.25, 0.3) is 0 Å². The number of aromatic nitrogens is 1. The van der Waals surface area contributed by atoms with E-state index >= 15 is 0 Å². The minimum atomic E-state index is -0.314. The van der Waals surface area contributed by atoms with Crippen LogP contribution in [0.4, 0.5) is 8.78 Å². The van der Waals surface area contributed by atoms with E-state index in [1.807, 2.05) is 30.5 Å². The predicted octanol–water partition coefficient (Wildman–Crippen LogP) is 5.61. The van der Waals surface area contributed by atoms with Gasteiger partial charge in [-0.1, -0.05) is 54.6 Å². The van der Waals surface area contributed by atoms with Crippen LogP contribution >= 0.6 is 0 Å². The SMILES string of the molecule is O=C(CCCc1cn(Cc2ccccc2F)c2ccccc12)NCc1ccccc1F. The van der Waals surface area contributed by atoms with Crippen LogP contribution in [0.15, 0.2) is 79.0 Å². The minimum Gasteiger partial charge on any atom is -0.352 e. The fourth-order valence-electron chi connectivity index (χ4n) is 3.83. The Morgan fingerprint density at radius 1 is 0.806 bits per heavy atom. The predicted molar refractivity (Wildman–Crippen MR) is 119 cm³/mol. The molecule has 0 aliphatic heterocycles. The fraction of sp³-hybridized carbons (Fsp3) is 0.192. The van der Waals surface area contributed by atoms with Crippen molar-refractivity contribution in [2.24, 2.45) is 0 Å². The Balaban J connectivity index is 1.39. The van der Waals surface area contributed by atoms with Crippen LogP contribution in [0, 0.1) is 11.6 Å². The number of fused-ring (bicyclic) bond motifs is 1. The average molecular weight is 418 g/mol. The van der Waals surface area contributed by atoms with Crippen LogP contribution in [0.2, 0.25) is 0 Å². The summed E-state index contributed by atoms with van der Waals surface area (Å²) in [4.78, 5) is 12.2. The third-order valence-corrected chi connectivity index (χ3v) is 5.45. The molecule has 1 heterocycles. The van der Waals surface area contributed by atoms with Gasteiger partial charge in [-0.05, 0) is 36.6 Å². The van der Waals surface area contributed by atoms with Crippen LogP contribution < -0.4 is 5.32 Å². The molecule has 1 aromatic heterocycles. The first-order chi connectivity index (χ1) is 15.1. The van der Waals surface area contributed by atoms with Crippen molar-refractivity contribution < 1.29 is 13.6 Å². The summed E-state index contributed by atoms with van der Waals surface area (Å²) < 4.78 is 29.8. The number of nitrogens with one attached hydrogen (secondary N) is 1. The zero-order valence-electron chi connectivity index (χ0n) is 17.2. The highest BCUT2D eigenvalue weighted by molar-refractivity contribution is 5.84. The van der Waals surface area contributed by atoms with Crippen molar-refractivity contribution >= 4 is 16.8 Å². The van der Waals surface area contributed by atoms with Gasteiger partial charge in [0.15, 0.2) is 0 Å². The van der Waals surface area contributed by atoms with E-state index in [2.05, 4.69) is 16.0 Å². The zero-order valence-corrected chi connectivity index (χ0v) is 17.2. The molecule has 1 amide bonds. The number of rotatable bonds is 8. The van der Waals surface area contributed by atoms with E-state index in [4.69, 9.17) is 0 Å². The van der Waals surface area contributed by atoms with Gasteiger partial charge in [0.1, 0.15) is 11.6 Å². The fourth-order valence-corrected chi connectivity index (χ4v) is 3.83. The number of carbonyl (C=O) groups excluding carboxylic acids is 1. The van der Waals surface area contributed by atoms with E-state index < -0.39 is 0 Å². The smallest absolute Gasteiger partial charge is 0.220 e. The Labute approximate surface area is 180 Å². The summed E-state index contributed by atoms with van der Waals surface area (Å²) in [6.45, 7) is 0.643. The lowest BCUT2D eigenvalue weighted by atomic mass is 10.1. The zero-order chi connectivity index (χ0) is 21.6. The van der Waals surface area contributed by atoms with Gasteiger partial charge in [0.05, 0.1) is 6.54 Å². The molecule has 0 unspecified atom stereocenters. The van der Waals surface area contributed by atoms with Gasteiger partial charge in [0.2, 0.25) is 5.91 Å². The van der Waals surface area contributed by atoms with Gasteiger partial charge in [0, 0.05) is 41.2 Å². The van der Waals surface area contributed by atoms with Crippen molar-refractivity contribution in [2.45, 2.75) is 32.4 Å². The van der Waals surface area contributed by atoms with Crippen LogP contribution in [-0.4, -0.2) is 10.5 Å². The van der Waals surface area contributed by atoms with Crippen molar-refractivity contribution in [3.05, 3.63) is 107 Å². The van der Waals surface area contributed by atoms with Gasteiger partial charge in [-0.15, -0.1) is 0 Å². The third kappa shape index (κ3) is 5.00. The highest BCUT2D eigenvalue weighted by Crippen LogP contribution is 2.24. The number of hydrogen-bond acceptors (Lipinski definition) is 1. The first kappa shape index (κ1) is 20.8. The summed E-state index contributed by atoms with van der Waals surface area (Å²) in [7, 11) is 0. The molecule has 158 valence electrons. The number of hydrogen-bond donors (Lipinski definition) is 1. The minimum absolute atomic E-state index is 0.0988. The Hall–Kier alpha value is -3.47. The Morgan fingerprint density at radius 2 is 1.45 bits per heavy atom. The molecule has 0 aliphatic rings. The maximum absolute atomic E-state index is 14.1. The molecule has 4 rings (SSSR count). The van der Waals surface area contributed by atoms with E-state index in [1.54, 1.807) is 30.3 Å². The number of carbonyl (C=O) groups is 1. The molecule has 0 bridgehead atoms. The standard InChI is InChI=1S/C26H24F2N2O/c27-23-12-4-1-8-19(23)16-29-26(31)15-7-10-20-17-30(25-14-6-3-11-22(20)25)18-21-9-2-5-13-24(21)28/h1-6,8-9,11-14,17H,7,10,15-16,18H2,(H,29,31). The number of para-hydroxylation sites is 1. The summed E-state index contributed by atoms with van der Waals surface area (Å²) in [6, 6.07) is 21.3. The van der Waals surface area contributed by atoms with E-state index in [-0.39, 0.29) is 24.1 Å². The molecule has 0 saturated carbocycles. The molecule has 3 aromatic carbocycles. The maximum atomic E-state index is 14.1. The Kier molecular flexibility index (Phi) is 6.41. The maximum Gasteiger partial charge on any atom is 0.220 e. The van der Waals surface area contributed by atoms with Crippen LogP contribution in [0.1, 0.15) is 29.5 Å². The summed E-state index contributed by atoms with van der Waals surface area (Å²) in [5, 5.41) is 3.90. The van der Waals surface area contributed by atoms with E-state index in [0.717, 1.165) is 22.9 Å². The van der Waals surface area contributed by atoms with Gasteiger partial charge in [-0.3, -0.25) is 4.79 Å². The van der Waals surface area contributed by atoms with Crippen LogP contribution in [0.5, 0.6) is 0 Å². The summed E-state index contributed by atoms with van der Waals surface area (Å²) in [6.07, 6.45) is 3.82. The number of benzene rings is 3. The summed E-state index contributed by atoms with van der Waals surface area (Å²) >= 11 is 0. The highest BCUT2D eigenvalue weighted by atomic mass is 19.1. The number of nitrogens with zero attached hydrogens (tertiary/aromatic N) is 1. The number of aryl methyl sites for hydroxylation is 1. The molecule has 0 aliphatic carbocycles. The van der Waals surface area contributed by atoms with Crippen molar-refractivity contribution in [3.8, 4) is 0 Å². The topological polar surface area (TPSA) is 34.0 Å². The normalized spacial score (nSPS) is 11.0. The second kappa shape index (κ2) is 9.56. The lowest BCUT2D eigenvalue weighted by molar-refractivity contribution is -0.121. The Morgan fingerprint density at radius 3 is 2.19 bits per heavy atom. The summed E-state index contributed by atoms with van der Waals surface area (Å²) in [5.74, 6) is -0.628. The second-order valence-corrected chi connectivity index (χ2v) is 7.61. The van der Waals surface area contributed by atoms with Crippen molar-refractivity contribution in [2.75, 3.05) is 0 Å². The lowest BCUT2D eigenvalue weighted by Gasteiger charge is -2.06. The molecule has 5 heteroatoms. The van der Waals surface area contributed by atoms with Gasteiger partial charge in [-0.2, -0.15) is 0 Å². The molecule has 3 nitrogen and oxygen atoms in total. The Bertz CT molecular complexity index is 1200. The first-order valence-corrected chi connectivity index (χ1v) is 10.4. The molecule has 4 aromatic rings. The number of amides is 1. The molecule has 1 N–H and O–H groups in total. The highest BCUT2D eigenvalue weighted by Gasteiger charge is 2.11. The monoisotopic (exact) mass is 418 g/mol. The average Bonchev–Trinajstić information content (AvgIpc) is 3.12. The van der Waals surface area contributed by atoms with Crippen LogP contribution in [0.25, 0.3) is 10.9 Å². The lowest BCUT2D eigenvalue weighted by Crippen LogP contribution is -2.23. The summed E-state index contributed by atoms with van der Waals surface area (Å²) in [5.41, 5.74) is 3.30. The van der Waals surface area contributed by atoms with Gasteiger partial charge >= 0.3 is 0 Å². The van der Waals surface area contributed by atoms with Crippen LogP contribution in [0.3, 0.4) is 0 Å². The molecule has 31 heavy (non-hydrogen) atoms. The van der Waals surface area contributed by atoms with Crippen molar-refractivity contribution in [1.29, 1.82) is 0 Å². The number of halogens is 2. The molecule has 0 saturated heterocycles. The van der Waals surface area contributed by atoms with Gasteiger partial charge in [-0.25, -0.2) is 8.78 Å². The largest absolute Gasteiger partial charge is 0.352 e. The van der Waals surface area contributed by atoms with E-state index in [0.29, 0.717) is 30.5 Å². The molecular weight excluding hydrogens is 394 g/mol. The molecule has 0 fully saturated rings. The molecule has 0 atom stereocenters. The first-order valence-electron chi connectivity index (χ1n) is 10.4. The molecular formula is C26H24F2N2O.